The molecule has 0 bridgehead atoms. The number of hydrogen-bond donors (Lipinski definition) is 0. The number of aromatic nitrogens is 2. The van der Waals surface area contributed by atoms with Crippen LogP contribution in [-0.4, -0.2) is 22.1 Å². The molecule has 19 heavy (non-hydrogen) atoms. The predicted molar refractivity (Wildman–Crippen MR) is 70.5 cm³/mol. The van der Waals surface area contributed by atoms with Crippen molar-refractivity contribution in [3.05, 3.63) is 29.8 Å². The van der Waals surface area contributed by atoms with Crippen LogP contribution in [0.3, 0.4) is 0 Å². The molecular formula is C13H14ClFN2O2. The van der Waals surface area contributed by atoms with Crippen LogP contribution in [0.25, 0.3) is 11.0 Å². The largest absolute Gasteiger partial charge is 0.466 e. The monoisotopic (exact) mass is 284 g/mol. The molecule has 2 aromatic rings. The summed E-state index contributed by atoms with van der Waals surface area (Å²) in [7, 11) is 0. The van der Waals surface area contributed by atoms with Crippen LogP contribution in [-0.2, 0) is 22.0 Å². The summed E-state index contributed by atoms with van der Waals surface area (Å²) in [5, 5.41) is 0. The Labute approximate surface area is 115 Å². The highest BCUT2D eigenvalue weighted by atomic mass is 35.5. The SMILES string of the molecule is CCOC(=O)CCn1c(CCl)nc2cc(F)ccc21. The summed E-state index contributed by atoms with van der Waals surface area (Å²) in [4.78, 5) is 15.6. The van der Waals surface area contributed by atoms with Gasteiger partial charge in [0, 0.05) is 12.6 Å². The van der Waals surface area contributed by atoms with E-state index in [2.05, 4.69) is 4.98 Å². The third-order valence-corrected chi connectivity index (χ3v) is 2.99. The van der Waals surface area contributed by atoms with Gasteiger partial charge in [0.05, 0.1) is 29.9 Å². The molecule has 1 aromatic heterocycles. The van der Waals surface area contributed by atoms with Gasteiger partial charge in [-0.05, 0) is 19.1 Å². The fourth-order valence-electron chi connectivity index (χ4n) is 1.94. The van der Waals surface area contributed by atoms with Gasteiger partial charge in [0.1, 0.15) is 11.6 Å². The third-order valence-electron chi connectivity index (χ3n) is 2.75. The number of halogens is 2. The Kier molecular flexibility index (Phi) is 4.37. The van der Waals surface area contributed by atoms with Gasteiger partial charge in [-0.25, -0.2) is 9.37 Å². The maximum atomic E-state index is 13.1. The average Bonchev–Trinajstić information content (AvgIpc) is 2.73. The quantitative estimate of drug-likeness (QED) is 0.626. The van der Waals surface area contributed by atoms with Crippen LogP contribution in [0.2, 0.25) is 0 Å². The molecule has 0 unspecified atom stereocenters. The van der Waals surface area contributed by atoms with Gasteiger partial charge in [0.15, 0.2) is 0 Å². The minimum absolute atomic E-state index is 0.207. The van der Waals surface area contributed by atoms with Crippen LogP contribution in [0.15, 0.2) is 18.2 Å². The Bertz CT molecular complexity index is 598. The van der Waals surface area contributed by atoms with Crippen molar-refractivity contribution in [2.24, 2.45) is 0 Å². The number of aryl methyl sites for hydroxylation is 1. The van der Waals surface area contributed by atoms with E-state index in [0.29, 0.717) is 24.5 Å². The molecule has 0 atom stereocenters. The lowest BCUT2D eigenvalue weighted by Gasteiger charge is -2.07. The second-order valence-corrected chi connectivity index (χ2v) is 4.27. The molecule has 0 radical (unpaired) electrons. The fraction of sp³-hybridized carbons (Fsp3) is 0.385. The van der Waals surface area contributed by atoms with Crippen molar-refractivity contribution in [2.75, 3.05) is 6.61 Å². The zero-order valence-corrected chi connectivity index (χ0v) is 11.3. The summed E-state index contributed by atoms with van der Waals surface area (Å²) in [5.41, 5.74) is 1.31. The molecule has 0 aliphatic rings. The van der Waals surface area contributed by atoms with Crippen LogP contribution >= 0.6 is 11.6 Å². The molecule has 0 aliphatic carbocycles. The highest BCUT2D eigenvalue weighted by Crippen LogP contribution is 2.19. The van der Waals surface area contributed by atoms with Gasteiger partial charge in [0.2, 0.25) is 0 Å². The lowest BCUT2D eigenvalue weighted by molar-refractivity contribution is -0.143. The molecule has 0 saturated carbocycles. The smallest absolute Gasteiger partial charge is 0.307 e. The summed E-state index contributed by atoms with van der Waals surface area (Å²) in [5.74, 6) is 0.210. The van der Waals surface area contributed by atoms with Crippen molar-refractivity contribution in [2.45, 2.75) is 25.8 Å². The van der Waals surface area contributed by atoms with Crippen LogP contribution < -0.4 is 0 Å². The Balaban J connectivity index is 2.27. The van der Waals surface area contributed by atoms with Crippen molar-refractivity contribution in [1.82, 2.24) is 9.55 Å². The number of carbonyl (C=O) groups excluding carboxylic acids is 1. The van der Waals surface area contributed by atoms with Crippen molar-refractivity contribution in [1.29, 1.82) is 0 Å². The lowest BCUT2D eigenvalue weighted by Crippen LogP contribution is -2.10. The second kappa shape index (κ2) is 6.02. The molecule has 4 nitrogen and oxygen atoms in total. The van der Waals surface area contributed by atoms with Crippen molar-refractivity contribution in [3.63, 3.8) is 0 Å². The van der Waals surface area contributed by atoms with Gasteiger partial charge in [-0.2, -0.15) is 0 Å². The molecule has 0 N–H and O–H groups in total. The predicted octanol–water partition coefficient (Wildman–Crippen LogP) is 2.87. The van der Waals surface area contributed by atoms with Crippen molar-refractivity contribution < 1.29 is 13.9 Å². The van der Waals surface area contributed by atoms with Crippen LogP contribution in [0, 0.1) is 5.82 Å². The molecular weight excluding hydrogens is 271 g/mol. The standard InChI is InChI=1S/C13H14ClFN2O2/c1-2-19-13(18)5-6-17-11-4-3-9(15)7-10(11)16-12(17)8-14/h3-4,7H,2,5-6,8H2,1H3. The number of esters is 1. The number of benzene rings is 1. The molecule has 0 aliphatic heterocycles. The van der Waals surface area contributed by atoms with Gasteiger partial charge in [-0.3, -0.25) is 4.79 Å². The number of alkyl halides is 1. The molecule has 0 fully saturated rings. The van der Waals surface area contributed by atoms with Gasteiger partial charge in [-0.1, -0.05) is 0 Å². The van der Waals surface area contributed by atoms with E-state index in [1.54, 1.807) is 13.0 Å². The lowest BCUT2D eigenvalue weighted by atomic mass is 10.3. The third kappa shape index (κ3) is 3.04. The molecule has 1 aromatic carbocycles. The fourth-order valence-corrected chi connectivity index (χ4v) is 2.14. The van der Waals surface area contributed by atoms with Crippen molar-refractivity contribution in [3.8, 4) is 0 Å². The minimum Gasteiger partial charge on any atom is -0.466 e. The van der Waals surface area contributed by atoms with E-state index in [0.717, 1.165) is 5.52 Å². The molecule has 0 spiro atoms. The average molecular weight is 285 g/mol. The Hall–Kier alpha value is -1.62. The summed E-state index contributed by atoms with van der Waals surface area (Å²) >= 11 is 5.83. The summed E-state index contributed by atoms with van der Waals surface area (Å²) in [6.07, 6.45) is 0.237. The molecule has 1 heterocycles. The number of fused-ring (bicyclic) bond motifs is 1. The highest BCUT2D eigenvalue weighted by molar-refractivity contribution is 6.16. The minimum atomic E-state index is -0.344. The normalized spacial score (nSPS) is 10.9. The van der Waals surface area contributed by atoms with E-state index in [1.165, 1.54) is 12.1 Å². The molecule has 6 heteroatoms. The number of hydrogen-bond acceptors (Lipinski definition) is 3. The molecule has 0 saturated heterocycles. The zero-order valence-electron chi connectivity index (χ0n) is 10.5. The van der Waals surface area contributed by atoms with E-state index in [4.69, 9.17) is 16.3 Å². The first-order valence-corrected chi connectivity index (χ1v) is 6.55. The van der Waals surface area contributed by atoms with E-state index in [9.17, 15) is 9.18 Å². The zero-order chi connectivity index (χ0) is 13.8. The summed E-state index contributed by atoms with van der Waals surface area (Å²) in [6.45, 7) is 2.54. The number of ether oxygens (including phenoxy) is 1. The Morgan fingerprint density at radius 2 is 2.32 bits per heavy atom. The molecule has 102 valence electrons. The topological polar surface area (TPSA) is 44.1 Å². The number of nitrogens with zero attached hydrogens (tertiary/aromatic N) is 2. The second-order valence-electron chi connectivity index (χ2n) is 4.00. The van der Waals surface area contributed by atoms with E-state index >= 15 is 0 Å². The Morgan fingerprint density at radius 1 is 1.53 bits per heavy atom. The first kappa shape index (κ1) is 13.8. The Morgan fingerprint density at radius 3 is 3.00 bits per heavy atom. The van der Waals surface area contributed by atoms with Gasteiger partial charge >= 0.3 is 5.97 Å². The van der Waals surface area contributed by atoms with Gasteiger partial charge < -0.3 is 9.30 Å². The maximum absolute atomic E-state index is 13.1. The molecule has 0 amide bonds. The van der Waals surface area contributed by atoms with Crippen LogP contribution in [0.4, 0.5) is 4.39 Å². The van der Waals surface area contributed by atoms with Crippen LogP contribution in [0.1, 0.15) is 19.2 Å². The number of carbonyl (C=O) groups is 1. The molecule has 2 rings (SSSR count). The van der Waals surface area contributed by atoms with Crippen LogP contribution in [0.5, 0.6) is 0 Å². The van der Waals surface area contributed by atoms with E-state index < -0.39 is 0 Å². The van der Waals surface area contributed by atoms with Gasteiger partial charge in [-0.15, -0.1) is 11.6 Å². The van der Waals surface area contributed by atoms with E-state index in [1.807, 2.05) is 4.57 Å². The first-order valence-electron chi connectivity index (χ1n) is 6.02. The number of imidazole rings is 1. The summed E-state index contributed by atoms with van der Waals surface area (Å²) < 4.78 is 19.8. The van der Waals surface area contributed by atoms with Crippen molar-refractivity contribution >= 4 is 28.6 Å². The highest BCUT2D eigenvalue weighted by Gasteiger charge is 2.12. The summed E-state index contributed by atoms with van der Waals surface area (Å²) in [6, 6.07) is 4.36. The van der Waals surface area contributed by atoms with E-state index in [-0.39, 0.29) is 24.1 Å². The maximum Gasteiger partial charge on any atom is 0.307 e. The van der Waals surface area contributed by atoms with Gasteiger partial charge in [0.25, 0.3) is 0 Å². The first-order chi connectivity index (χ1) is 9.15. The number of rotatable bonds is 5.